The maximum Gasteiger partial charge on any atom is 0.255 e. The molecule has 0 radical (unpaired) electrons. The second kappa shape index (κ2) is 5.98. The van der Waals surface area contributed by atoms with Crippen molar-refractivity contribution in [1.29, 1.82) is 0 Å². The van der Waals surface area contributed by atoms with Crippen LogP contribution < -0.4 is 10.6 Å². The van der Waals surface area contributed by atoms with Gasteiger partial charge in [0, 0.05) is 25.4 Å². The number of amides is 1. The monoisotopic (exact) mass is 322 g/mol. The molecule has 6 heteroatoms. The van der Waals surface area contributed by atoms with Crippen molar-refractivity contribution in [3.8, 4) is 11.5 Å². The number of carbonyl (C=O) groups is 1. The number of carbonyl (C=O) groups excluding carboxylic acids is 1. The maximum absolute atomic E-state index is 12.6. The molecule has 122 valence electrons. The number of anilines is 1. The van der Waals surface area contributed by atoms with Gasteiger partial charge in [0.05, 0.1) is 12.0 Å². The molecule has 1 aliphatic heterocycles. The van der Waals surface area contributed by atoms with Crippen molar-refractivity contribution in [2.75, 3.05) is 11.9 Å². The average molecular weight is 322 g/mol. The van der Waals surface area contributed by atoms with E-state index >= 15 is 0 Å². The van der Waals surface area contributed by atoms with E-state index in [1.807, 2.05) is 31.3 Å². The summed E-state index contributed by atoms with van der Waals surface area (Å²) in [6.45, 7) is 1.79. The predicted molar refractivity (Wildman–Crippen MR) is 90.7 cm³/mol. The third-order valence-electron chi connectivity index (χ3n) is 4.19. The molecular formula is C18H18N4O2. The summed E-state index contributed by atoms with van der Waals surface area (Å²) in [6.07, 6.45) is 4.37. The molecule has 3 heterocycles. The molecule has 1 aromatic carbocycles. The number of hydrogen-bond acceptors (Lipinski definition) is 4. The molecule has 4 rings (SSSR count). The molecule has 0 aliphatic carbocycles. The van der Waals surface area contributed by atoms with E-state index in [2.05, 4.69) is 15.7 Å². The molecule has 3 aromatic rings. The van der Waals surface area contributed by atoms with Crippen LogP contribution >= 0.6 is 0 Å². The Hall–Kier alpha value is -2.86. The first-order chi connectivity index (χ1) is 11.7. The standard InChI is InChI=1S/C18H18N4O2/c1-22-11-15(17(21-22)16-3-2-8-24-16)20-18(23)13-5-4-12-6-7-19-10-14(12)9-13/h2-5,8-9,11,19H,6-7,10H2,1H3,(H,20,23). The molecule has 0 unspecified atom stereocenters. The highest BCUT2D eigenvalue weighted by Crippen LogP contribution is 2.27. The van der Waals surface area contributed by atoms with Gasteiger partial charge in [-0.2, -0.15) is 5.10 Å². The molecule has 1 amide bonds. The third-order valence-corrected chi connectivity index (χ3v) is 4.19. The van der Waals surface area contributed by atoms with E-state index in [1.54, 1.807) is 23.2 Å². The van der Waals surface area contributed by atoms with Crippen LogP contribution in [0.1, 0.15) is 21.5 Å². The Labute approximate surface area is 139 Å². The molecule has 0 spiro atoms. The summed E-state index contributed by atoms with van der Waals surface area (Å²) in [7, 11) is 1.81. The van der Waals surface area contributed by atoms with Crippen LogP contribution in [-0.4, -0.2) is 22.2 Å². The smallest absolute Gasteiger partial charge is 0.255 e. The zero-order chi connectivity index (χ0) is 16.5. The van der Waals surface area contributed by atoms with Crippen LogP contribution in [0.15, 0.2) is 47.2 Å². The summed E-state index contributed by atoms with van der Waals surface area (Å²) in [5.74, 6) is 0.477. The number of rotatable bonds is 3. The maximum atomic E-state index is 12.6. The topological polar surface area (TPSA) is 72.1 Å². The van der Waals surface area contributed by atoms with Crippen molar-refractivity contribution in [2.45, 2.75) is 13.0 Å². The highest BCUT2D eigenvalue weighted by molar-refractivity contribution is 6.05. The molecule has 2 aromatic heterocycles. The van der Waals surface area contributed by atoms with Gasteiger partial charge >= 0.3 is 0 Å². The molecule has 0 saturated carbocycles. The zero-order valence-electron chi connectivity index (χ0n) is 13.4. The summed E-state index contributed by atoms with van der Waals surface area (Å²) in [5.41, 5.74) is 4.39. The normalized spacial score (nSPS) is 13.5. The molecule has 6 nitrogen and oxygen atoms in total. The van der Waals surface area contributed by atoms with Crippen molar-refractivity contribution >= 4 is 11.6 Å². The molecule has 0 saturated heterocycles. The lowest BCUT2D eigenvalue weighted by Gasteiger charge is -2.17. The van der Waals surface area contributed by atoms with Crippen LogP contribution in [-0.2, 0) is 20.0 Å². The quantitative estimate of drug-likeness (QED) is 0.777. The Balaban J connectivity index is 1.61. The van der Waals surface area contributed by atoms with Crippen molar-refractivity contribution in [3.63, 3.8) is 0 Å². The van der Waals surface area contributed by atoms with E-state index in [9.17, 15) is 4.79 Å². The number of hydrogen-bond donors (Lipinski definition) is 2. The lowest BCUT2D eigenvalue weighted by molar-refractivity contribution is 0.102. The van der Waals surface area contributed by atoms with Crippen LogP contribution in [0.4, 0.5) is 5.69 Å². The summed E-state index contributed by atoms with van der Waals surface area (Å²) >= 11 is 0. The largest absolute Gasteiger partial charge is 0.463 e. The molecule has 0 fully saturated rings. The van der Waals surface area contributed by atoms with Crippen molar-refractivity contribution < 1.29 is 9.21 Å². The highest BCUT2D eigenvalue weighted by Gasteiger charge is 2.17. The number of aromatic nitrogens is 2. The number of aryl methyl sites for hydroxylation is 1. The SMILES string of the molecule is Cn1cc(NC(=O)c2ccc3c(c2)CNCC3)c(-c2ccco2)n1. The van der Waals surface area contributed by atoms with Crippen LogP contribution in [0.2, 0.25) is 0 Å². The first-order valence-electron chi connectivity index (χ1n) is 7.92. The molecule has 0 atom stereocenters. The molecule has 24 heavy (non-hydrogen) atoms. The van der Waals surface area contributed by atoms with Crippen molar-refractivity contribution in [3.05, 3.63) is 59.5 Å². The predicted octanol–water partition coefficient (Wildman–Crippen LogP) is 2.58. The van der Waals surface area contributed by atoms with E-state index in [0.717, 1.165) is 19.5 Å². The summed E-state index contributed by atoms with van der Waals surface area (Å²) < 4.78 is 7.06. The lowest BCUT2D eigenvalue weighted by Crippen LogP contribution is -2.24. The molecule has 0 bridgehead atoms. The summed E-state index contributed by atoms with van der Waals surface area (Å²) in [5, 5.41) is 10.6. The van der Waals surface area contributed by atoms with E-state index in [0.29, 0.717) is 22.7 Å². The van der Waals surface area contributed by atoms with Crippen LogP contribution in [0.3, 0.4) is 0 Å². The van der Waals surface area contributed by atoms with Crippen LogP contribution in [0.5, 0.6) is 0 Å². The third kappa shape index (κ3) is 2.72. The Morgan fingerprint density at radius 1 is 1.33 bits per heavy atom. The number of nitrogens with one attached hydrogen (secondary N) is 2. The van der Waals surface area contributed by atoms with Crippen LogP contribution in [0.25, 0.3) is 11.5 Å². The minimum Gasteiger partial charge on any atom is -0.463 e. The fraction of sp³-hybridized carbons (Fsp3) is 0.222. The second-order valence-electron chi connectivity index (χ2n) is 5.91. The zero-order valence-corrected chi connectivity index (χ0v) is 13.4. The number of benzene rings is 1. The lowest BCUT2D eigenvalue weighted by atomic mass is 9.98. The van der Waals surface area contributed by atoms with E-state index in [-0.39, 0.29) is 5.91 Å². The Bertz CT molecular complexity index is 881. The second-order valence-corrected chi connectivity index (χ2v) is 5.91. The van der Waals surface area contributed by atoms with Crippen molar-refractivity contribution in [1.82, 2.24) is 15.1 Å². The van der Waals surface area contributed by atoms with E-state index in [4.69, 9.17) is 4.42 Å². The van der Waals surface area contributed by atoms with Gasteiger partial charge in [0.15, 0.2) is 11.5 Å². The van der Waals surface area contributed by atoms with Gasteiger partial charge in [0.25, 0.3) is 5.91 Å². The number of fused-ring (bicyclic) bond motifs is 1. The number of nitrogens with zero attached hydrogens (tertiary/aromatic N) is 2. The molecule has 1 aliphatic rings. The van der Waals surface area contributed by atoms with Crippen molar-refractivity contribution in [2.24, 2.45) is 7.05 Å². The van der Waals surface area contributed by atoms with Gasteiger partial charge in [-0.3, -0.25) is 9.48 Å². The Morgan fingerprint density at radius 3 is 3.08 bits per heavy atom. The summed E-state index contributed by atoms with van der Waals surface area (Å²) in [4.78, 5) is 12.6. The Morgan fingerprint density at radius 2 is 2.25 bits per heavy atom. The van der Waals surface area contributed by atoms with Gasteiger partial charge in [0.2, 0.25) is 0 Å². The average Bonchev–Trinajstić information content (AvgIpc) is 3.24. The van der Waals surface area contributed by atoms with Gasteiger partial charge in [0.1, 0.15) is 0 Å². The molecule has 2 N–H and O–H groups in total. The van der Waals surface area contributed by atoms with Gasteiger partial charge in [-0.1, -0.05) is 6.07 Å². The van der Waals surface area contributed by atoms with E-state index < -0.39 is 0 Å². The van der Waals surface area contributed by atoms with Crippen LogP contribution in [0, 0.1) is 0 Å². The minimum atomic E-state index is -0.149. The fourth-order valence-electron chi connectivity index (χ4n) is 2.99. The van der Waals surface area contributed by atoms with Gasteiger partial charge in [-0.15, -0.1) is 0 Å². The first kappa shape index (κ1) is 14.7. The Kier molecular flexibility index (Phi) is 3.66. The fourth-order valence-corrected chi connectivity index (χ4v) is 2.99. The summed E-state index contributed by atoms with van der Waals surface area (Å²) in [6, 6.07) is 9.50. The molecular weight excluding hydrogens is 304 g/mol. The minimum absolute atomic E-state index is 0.149. The first-order valence-corrected chi connectivity index (χ1v) is 7.92. The number of furan rings is 1. The van der Waals surface area contributed by atoms with Gasteiger partial charge in [-0.25, -0.2) is 0 Å². The van der Waals surface area contributed by atoms with Gasteiger partial charge < -0.3 is 15.1 Å². The highest BCUT2D eigenvalue weighted by atomic mass is 16.3. The van der Waals surface area contributed by atoms with E-state index in [1.165, 1.54) is 11.1 Å². The van der Waals surface area contributed by atoms with Gasteiger partial charge in [-0.05, 0) is 48.4 Å².